The first-order valence-electron chi connectivity index (χ1n) is 6.59. The second-order valence-corrected chi connectivity index (χ2v) is 4.59. The number of benzene rings is 1. The van der Waals surface area contributed by atoms with E-state index in [4.69, 9.17) is 0 Å². The van der Waals surface area contributed by atoms with Gasteiger partial charge in [0.2, 0.25) is 0 Å². The van der Waals surface area contributed by atoms with E-state index < -0.39 is 23.6 Å². The van der Waals surface area contributed by atoms with Crippen molar-refractivity contribution in [2.24, 2.45) is 0 Å². The number of H-pyrrole nitrogens is 1. The first-order chi connectivity index (χ1) is 11.4. The molecule has 3 N–H and O–H groups in total. The van der Waals surface area contributed by atoms with E-state index in [9.17, 15) is 18.0 Å². The number of nitrogens with zero attached hydrogens (tertiary/aromatic N) is 4. The van der Waals surface area contributed by atoms with E-state index >= 15 is 0 Å². The summed E-state index contributed by atoms with van der Waals surface area (Å²) in [6.07, 6.45) is -2.58. The fourth-order valence-electron chi connectivity index (χ4n) is 2.01. The Balaban J connectivity index is 1.91. The highest BCUT2D eigenvalue weighted by Gasteiger charge is 2.39. The summed E-state index contributed by atoms with van der Waals surface area (Å²) in [6, 6.07) is 6.89. The molecule has 0 saturated heterocycles. The lowest BCUT2D eigenvalue weighted by Gasteiger charge is -2.13. The zero-order valence-electron chi connectivity index (χ0n) is 11.9. The Morgan fingerprint density at radius 2 is 1.88 bits per heavy atom. The van der Waals surface area contributed by atoms with E-state index in [1.165, 1.54) is 18.3 Å². The number of halogens is 3. The number of para-hydroxylation sites is 1. The average molecular weight is 337 g/mol. The van der Waals surface area contributed by atoms with Crippen LogP contribution in [0.5, 0.6) is 0 Å². The molecule has 0 aliphatic heterocycles. The molecule has 0 atom stereocenters. The Labute approximate surface area is 132 Å². The number of aromatic nitrogens is 5. The van der Waals surface area contributed by atoms with Crippen LogP contribution in [0.4, 0.5) is 29.5 Å². The van der Waals surface area contributed by atoms with Crippen molar-refractivity contribution >= 4 is 17.5 Å². The van der Waals surface area contributed by atoms with Crippen molar-refractivity contribution < 1.29 is 18.0 Å². The molecule has 0 radical (unpaired) electrons. The molecular formula is C13H10F3N7O. The van der Waals surface area contributed by atoms with Crippen molar-refractivity contribution in [2.75, 3.05) is 10.6 Å². The Kier molecular flexibility index (Phi) is 3.90. The number of nitrogens with one attached hydrogen (secondary N) is 3. The summed E-state index contributed by atoms with van der Waals surface area (Å²) in [5, 5.41) is 17.4. The first kappa shape index (κ1) is 15.5. The lowest BCUT2D eigenvalue weighted by Crippen LogP contribution is -2.22. The van der Waals surface area contributed by atoms with Crippen molar-refractivity contribution in [3.05, 3.63) is 48.4 Å². The number of urea groups is 1. The van der Waals surface area contributed by atoms with Gasteiger partial charge in [-0.05, 0) is 12.1 Å². The number of rotatable bonds is 3. The van der Waals surface area contributed by atoms with Crippen molar-refractivity contribution in [1.29, 1.82) is 0 Å². The summed E-state index contributed by atoms with van der Waals surface area (Å²) in [4.78, 5) is 11.8. The first-order valence-corrected chi connectivity index (χ1v) is 6.59. The number of carbonyl (C=O) groups excluding carboxylic acids is 1. The highest BCUT2D eigenvalue weighted by atomic mass is 19.4. The number of carbonyl (C=O) groups is 1. The maximum atomic E-state index is 13.4. The van der Waals surface area contributed by atoms with Crippen LogP contribution >= 0.6 is 0 Å². The van der Waals surface area contributed by atoms with Crippen LogP contribution < -0.4 is 10.6 Å². The van der Waals surface area contributed by atoms with Gasteiger partial charge in [-0.15, -0.1) is 5.10 Å². The van der Waals surface area contributed by atoms with Crippen LogP contribution in [0.2, 0.25) is 0 Å². The number of anilines is 2. The van der Waals surface area contributed by atoms with Crippen LogP contribution in [0.3, 0.4) is 0 Å². The van der Waals surface area contributed by atoms with E-state index in [1.54, 1.807) is 18.2 Å². The minimum absolute atomic E-state index is 0.0662. The third-order valence-corrected chi connectivity index (χ3v) is 2.94. The molecule has 0 aliphatic rings. The molecule has 2 amide bonds. The minimum Gasteiger partial charge on any atom is -0.304 e. The predicted molar refractivity (Wildman–Crippen MR) is 77.6 cm³/mol. The zero-order valence-corrected chi connectivity index (χ0v) is 11.9. The summed E-state index contributed by atoms with van der Waals surface area (Å²) < 4.78 is 40.9. The van der Waals surface area contributed by atoms with Crippen molar-refractivity contribution in [1.82, 2.24) is 25.2 Å². The van der Waals surface area contributed by atoms with Gasteiger partial charge in [0.1, 0.15) is 0 Å². The Bertz CT molecular complexity index is 827. The van der Waals surface area contributed by atoms with Gasteiger partial charge in [-0.2, -0.15) is 28.6 Å². The number of amides is 2. The topological polar surface area (TPSA) is 101 Å². The Morgan fingerprint density at radius 3 is 2.50 bits per heavy atom. The monoisotopic (exact) mass is 337 g/mol. The predicted octanol–water partition coefficient (Wildman–Crippen LogP) is 2.65. The zero-order chi connectivity index (χ0) is 17.2. The van der Waals surface area contributed by atoms with E-state index in [2.05, 4.69) is 31.1 Å². The summed E-state index contributed by atoms with van der Waals surface area (Å²) in [5.74, 6) is 0.0662. The number of alkyl halides is 3. The molecule has 0 bridgehead atoms. The number of hydrogen-bond acceptors (Lipinski definition) is 4. The second-order valence-electron chi connectivity index (χ2n) is 4.59. The molecule has 8 nitrogen and oxygen atoms in total. The van der Waals surface area contributed by atoms with Gasteiger partial charge >= 0.3 is 12.2 Å². The van der Waals surface area contributed by atoms with E-state index in [-0.39, 0.29) is 11.5 Å². The normalized spacial score (nSPS) is 11.3. The van der Waals surface area contributed by atoms with Crippen LogP contribution in [-0.4, -0.2) is 31.2 Å². The standard InChI is InChI=1S/C13H10F3N7O/c14-13(15,16)11-9(19-12(24)20-10-7-17-22-21-10)6-18-23(11)8-4-2-1-3-5-8/h1-7H,(H3,17,19,20,21,22,24). The maximum Gasteiger partial charge on any atom is 0.435 e. The molecule has 124 valence electrons. The molecule has 0 fully saturated rings. The summed E-state index contributed by atoms with van der Waals surface area (Å²) in [5.41, 5.74) is -1.36. The molecule has 2 aromatic heterocycles. The van der Waals surface area contributed by atoms with Gasteiger partial charge in [0.15, 0.2) is 11.5 Å². The van der Waals surface area contributed by atoms with E-state index in [0.717, 1.165) is 6.20 Å². The fraction of sp³-hybridized carbons (Fsp3) is 0.0769. The van der Waals surface area contributed by atoms with Crippen LogP contribution in [0, 0.1) is 0 Å². The van der Waals surface area contributed by atoms with Crippen molar-refractivity contribution in [3.63, 3.8) is 0 Å². The number of aromatic amines is 1. The third-order valence-electron chi connectivity index (χ3n) is 2.94. The molecule has 0 spiro atoms. The fourth-order valence-corrected chi connectivity index (χ4v) is 2.01. The Morgan fingerprint density at radius 1 is 1.12 bits per heavy atom. The largest absolute Gasteiger partial charge is 0.435 e. The van der Waals surface area contributed by atoms with Gasteiger partial charge in [-0.1, -0.05) is 18.2 Å². The SMILES string of the molecule is O=C(Nc1cn[nH]n1)Nc1cnn(-c2ccccc2)c1C(F)(F)F. The molecule has 1 aromatic carbocycles. The molecule has 2 heterocycles. The lowest BCUT2D eigenvalue weighted by molar-refractivity contribution is -0.142. The molecule has 3 rings (SSSR count). The summed E-state index contributed by atoms with van der Waals surface area (Å²) >= 11 is 0. The lowest BCUT2D eigenvalue weighted by atomic mass is 10.3. The Hall–Kier alpha value is -3.37. The molecule has 0 unspecified atom stereocenters. The summed E-state index contributed by atoms with van der Waals surface area (Å²) in [6.45, 7) is 0. The average Bonchev–Trinajstić information content (AvgIpc) is 3.17. The molecule has 11 heteroatoms. The van der Waals surface area contributed by atoms with Gasteiger partial charge < -0.3 is 5.32 Å². The van der Waals surface area contributed by atoms with Crippen LogP contribution in [0.1, 0.15) is 5.69 Å². The highest BCUT2D eigenvalue weighted by molar-refractivity contribution is 5.99. The third kappa shape index (κ3) is 3.19. The molecular weight excluding hydrogens is 327 g/mol. The van der Waals surface area contributed by atoms with Crippen LogP contribution in [0.15, 0.2) is 42.7 Å². The van der Waals surface area contributed by atoms with Crippen molar-refractivity contribution in [3.8, 4) is 5.69 Å². The van der Waals surface area contributed by atoms with E-state index in [1.807, 2.05) is 0 Å². The van der Waals surface area contributed by atoms with Gasteiger partial charge in [0.25, 0.3) is 0 Å². The number of hydrogen-bond donors (Lipinski definition) is 3. The van der Waals surface area contributed by atoms with Crippen molar-refractivity contribution in [2.45, 2.75) is 6.18 Å². The molecule has 0 aliphatic carbocycles. The smallest absolute Gasteiger partial charge is 0.304 e. The molecule has 0 saturated carbocycles. The van der Waals surface area contributed by atoms with Crippen LogP contribution in [0.25, 0.3) is 5.69 Å². The highest BCUT2D eigenvalue weighted by Crippen LogP contribution is 2.36. The summed E-state index contributed by atoms with van der Waals surface area (Å²) in [7, 11) is 0. The van der Waals surface area contributed by atoms with Crippen LogP contribution in [-0.2, 0) is 6.18 Å². The van der Waals surface area contributed by atoms with Gasteiger partial charge in [0, 0.05) is 0 Å². The quantitative estimate of drug-likeness (QED) is 0.684. The molecule has 24 heavy (non-hydrogen) atoms. The van der Waals surface area contributed by atoms with Gasteiger partial charge in [0.05, 0.1) is 23.8 Å². The second kappa shape index (κ2) is 6.02. The van der Waals surface area contributed by atoms with E-state index in [0.29, 0.717) is 4.68 Å². The van der Waals surface area contributed by atoms with Gasteiger partial charge in [-0.3, -0.25) is 5.32 Å². The molecule has 3 aromatic rings. The minimum atomic E-state index is -4.72. The maximum absolute atomic E-state index is 13.4. The van der Waals surface area contributed by atoms with Gasteiger partial charge in [-0.25, -0.2) is 9.48 Å².